The van der Waals surface area contributed by atoms with Crippen molar-refractivity contribution in [3.63, 3.8) is 0 Å². The van der Waals surface area contributed by atoms with E-state index in [1.54, 1.807) is 13.8 Å². The minimum Gasteiger partial charge on any atom is -0.466 e. The summed E-state index contributed by atoms with van der Waals surface area (Å²) in [5.74, 6) is -2.70. The number of ether oxygens (including phenoxy) is 2. The molecule has 1 aromatic carbocycles. The number of nitrogens with one attached hydrogen (secondary N) is 1. The third-order valence-corrected chi connectivity index (χ3v) is 7.55. The van der Waals surface area contributed by atoms with E-state index in [0.717, 1.165) is 18.8 Å². The molecule has 0 saturated carbocycles. The van der Waals surface area contributed by atoms with E-state index in [1.807, 2.05) is 24.3 Å². The molecule has 3 aliphatic rings. The molecule has 3 aliphatic heterocycles. The summed E-state index contributed by atoms with van der Waals surface area (Å²) < 4.78 is 11.5. The zero-order chi connectivity index (χ0) is 24.6. The van der Waals surface area contributed by atoms with Gasteiger partial charge in [0.15, 0.2) is 0 Å². The van der Waals surface area contributed by atoms with E-state index >= 15 is 0 Å². The van der Waals surface area contributed by atoms with Crippen LogP contribution < -0.4 is 10.2 Å². The molecular weight excluding hydrogens is 438 g/mol. The lowest BCUT2D eigenvalue weighted by Gasteiger charge is -2.35. The van der Waals surface area contributed by atoms with Crippen molar-refractivity contribution in [3.8, 4) is 0 Å². The van der Waals surface area contributed by atoms with Gasteiger partial charge in [-0.2, -0.15) is 0 Å². The molecule has 0 aromatic heterocycles. The Bertz CT molecular complexity index is 933. The fourth-order valence-electron chi connectivity index (χ4n) is 6.01. The number of aliphatic hydroxyl groups is 1. The largest absolute Gasteiger partial charge is 0.466 e. The fraction of sp³-hybridized carbons (Fsp3) is 0.640. The number of amides is 2. The Hall–Kier alpha value is -2.65. The topological polar surface area (TPSA) is 108 Å². The summed E-state index contributed by atoms with van der Waals surface area (Å²) in [6, 6.07) is 6.04. The Kier molecular flexibility index (Phi) is 6.87. The van der Waals surface area contributed by atoms with E-state index in [4.69, 9.17) is 9.47 Å². The highest BCUT2D eigenvalue weighted by Crippen LogP contribution is 2.59. The molecule has 3 heterocycles. The first-order chi connectivity index (χ1) is 16.3. The number of hydrogen-bond acceptors (Lipinski definition) is 7. The molecule has 6 atom stereocenters. The second-order valence-corrected chi connectivity index (χ2v) is 9.29. The van der Waals surface area contributed by atoms with Crippen molar-refractivity contribution in [2.24, 2.45) is 11.8 Å². The highest BCUT2D eigenvalue weighted by atomic mass is 16.6. The smallest absolute Gasteiger partial charge is 0.312 e. The molecule has 9 nitrogen and oxygen atoms in total. The standard InChI is InChI=1S/C25H35N3O6/c1-5-27(6-2)17-10-8-16(9-11-17)26-22(30)21-25-13-12-18(34-25)19(24(32)33-7-3)20(25)23(31)28(21)15(4)14-29/h8-11,15,18-21,29H,5-7,12-14H2,1-4H3,(H,26,30)/t15-,18-,19+,20+,21-,25+/m1/s1. The van der Waals surface area contributed by atoms with Crippen molar-refractivity contribution in [2.75, 3.05) is 36.5 Å². The van der Waals surface area contributed by atoms with Gasteiger partial charge in [-0.25, -0.2) is 0 Å². The van der Waals surface area contributed by atoms with E-state index in [1.165, 1.54) is 4.90 Å². The van der Waals surface area contributed by atoms with Crippen LogP contribution in [0, 0.1) is 11.8 Å². The van der Waals surface area contributed by atoms with Gasteiger partial charge in [0.2, 0.25) is 11.8 Å². The second kappa shape index (κ2) is 9.54. The molecular formula is C25H35N3O6. The zero-order valence-corrected chi connectivity index (χ0v) is 20.3. The minimum atomic E-state index is -1.10. The van der Waals surface area contributed by atoms with Gasteiger partial charge in [-0.1, -0.05) is 0 Å². The van der Waals surface area contributed by atoms with E-state index in [-0.39, 0.29) is 25.0 Å². The molecule has 0 radical (unpaired) electrons. The average Bonchev–Trinajstić information content (AvgIpc) is 3.48. The maximum absolute atomic E-state index is 13.7. The molecule has 3 saturated heterocycles. The number of aliphatic hydroxyl groups excluding tert-OH is 1. The third-order valence-electron chi connectivity index (χ3n) is 7.55. The molecule has 2 bridgehead atoms. The number of rotatable bonds is 9. The van der Waals surface area contributed by atoms with Crippen LogP contribution >= 0.6 is 0 Å². The molecule has 2 N–H and O–H groups in total. The van der Waals surface area contributed by atoms with Gasteiger partial charge >= 0.3 is 5.97 Å². The summed E-state index contributed by atoms with van der Waals surface area (Å²) >= 11 is 0. The maximum atomic E-state index is 13.7. The monoisotopic (exact) mass is 473 g/mol. The van der Waals surface area contributed by atoms with E-state index in [0.29, 0.717) is 18.5 Å². The van der Waals surface area contributed by atoms with Crippen LogP contribution in [0.4, 0.5) is 11.4 Å². The predicted molar refractivity (Wildman–Crippen MR) is 126 cm³/mol. The SMILES string of the molecule is CCOC(=O)[C@@H]1[C@H]2C(=O)N([C@H](C)CO)[C@H](C(=O)Nc3ccc(N(CC)CC)cc3)[C@]23CC[C@H]1O3. The van der Waals surface area contributed by atoms with Crippen molar-refractivity contribution in [1.29, 1.82) is 0 Å². The molecule has 3 fully saturated rings. The van der Waals surface area contributed by atoms with E-state index in [9.17, 15) is 19.5 Å². The summed E-state index contributed by atoms with van der Waals surface area (Å²) in [5, 5.41) is 12.8. The van der Waals surface area contributed by atoms with Crippen molar-refractivity contribution >= 4 is 29.2 Å². The van der Waals surface area contributed by atoms with Gasteiger partial charge in [0, 0.05) is 24.5 Å². The Morgan fingerprint density at radius 3 is 2.53 bits per heavy atom. The average molecular weight is 474 g/mol. The second-order valence-electron chi connectivity index (χ2n) is 9.29. The van der Waals surface area contributed by atoms with Gasteiger partial charge in [0.25, 0.3) is 0 Å². The zero-order valence-electron chi connectivity index (χ0n) is 20.3. The number of nitrogens with zero attached hydrogens (tertiary/aromatic N) is 2. The lowest BCUT2D eigenvalue weighted by molar-refractivity contribution is -0.155. The van der Waals surface area contributed by atoms with Gasteiger partial charge in [0.05, 0.1) is 37.2 Å². The van der Waals surface area contributed by atoms with Crippen molar-refractivity contribution in [2.45, 2.75) is 64.3 Å². The van der Waals surface area contributed by atoms with Gasteiger partial charge in [-0.05, 0) is 64.8 Å². The summed E-state index contributed by atoms with van der Waals surface area (Å²) in [7, 11) is 0. The first-order valence-electron chi connectivity index (χ1n) is 12.3. The Morgan fingerprint density at radius 2 is 1.94 bits per heavy atom. The lowest BCUT2D eigenvalue weighted by atomic mass is 9.71. The predicted octanol–water partition coefficient (Wildman–Crippen LogP) is 1.79. The molecule has 1 spiro atoms. The van der Waals surface area contributed by atoms with Crippen LogP contribution in [-0.4, -0.2) is 77.9 Å². The van der Waals surface area contributed by atoms with Gasteiger partial charge < -0.3 is 29.7 Å². The molecule has 34 heavy (non-hydrogen) atoms. The molecule has 186 valence electrons. The molecule has 0 aliphatic carbocycles. The highest BCUT2D eigenvalue weighted by molar-refractivity contribution is 6.03. The van der Waals surface area contributed by atoms with Crippen LogP contribution in [-0.2, 0) is 23.9 Å². The number of benzene rings is 1. The van der Waals surface area contributed by atoms with Crippen LogP contribution in [0.25, 0.3) is 0 Å². The van der Waals surface area contributed by atoms with Crippen LogP contribution in [0.2, 0.25) is 0 Å². The summed E-state index contributed by atoms with van der Waals surface area (Å²) in [6.07, 6.45) is 0.636. The molecule has 2 amide bonds. The quantitative estimate of drug-likeness (QED) is 0.527. The highest BCUT2D eigenvalue weighted by Gasteiger charge is 2.75. The fourth-order valence-corrected chi connectivity index (χ4v) is 6.01. The first kappa shape index (κ1) is 24.5. The number of likely N-dealkylation sites (tertiary alicyclic amines) is 1. The normalized spacial score (nSPS) is 30.3. The Morgan fingerprint density at radius 1 is 1.26 bits per heavy atom. The number of carbonyl (C=O) groups excluding carboxylic acids is 3. The van der Waals surface area contributed by atoms with Crippen LogP contribution in [0.5, 0.6) is 0 Å². The molecule has 0 unspecified atom stereocenters. The van der Waals surface area contributed by atoms with Crippen molar-refractivity contribution < 1.29 is 29.0 Å². The molecule has 9 heteroatoms. The van der Waals surface area contributed by atoms with Crippen LogP contribution in [0.15, 0.2) is 24.3 Å². The first-order valence-corrected chi connectivity index (χ1v) is 12.3. The number of carbonyl (C=O) groups is 3. The molecule has 1 aromatic rings. The number of fused-ring (bicyclic) bond motifs is 1. The maximum Gasteiger partial charge on any atom is 0.312 e. The van der Waals surface area contributed by atoms with Crippen molar-refractivity contribution in [1.82, 2.24) is 4.90 Å². The molecule has 4 rings (SSSR count). The van der Waals surface area contributed by atoms with E-state index in [2.05, 4.69) is 24.1 Å². The summed E-state index contributed by atoms with van der Waals surface area (Å²) in [5.41, 5.74) is 0.566. The van der Waals surface area contributed by atoms with Gasteiger partial charge in [0.1, 0.15) is 11.6 Å². The number of anilines is 2. The lowest BCUT2D eigenvalue weighted by Crippen LogP contribution is -2.55. The summed E-state index contributed by atoms with van der Waals surface area (Å²) in [6.45, 7) is 9.26. The summed E-state index contributed by atoms with van der Waals surface area (Å²) in [4.78, 5) is 43.6. The number of esters is 1. The minimum absolute atomic E-state index is 0.208. The van der Waals surface area contributed by atoms with Crippen molar-refractivity contribution in [3.05, 3.63) is 24.3 Å². The van der Waals surface area contributed by atoms with Crippen LogP contribution in [0.1, 0.15) is 40.5 Å². The van der Waals surface area contributed by atoms with E-state index < -0.39 is 41.6 Å². The Balaban J connectivity index is 1.63. The Labute approximate surface area is 200 Å². The number of hydrogen-bond donors (Lipinski definition) is 2. The third kappa shape index (κ3) is 3.75. The van der Waals surface area contributed by atoms with Gasteiger partial charge in [-0.15, -0.1) is 0 Å². The van der Waals surface area contributed by atoms with Crippen LogP contribution in [0.3, 0.4) is 0 Å². The van der Waals surface area contributed by atoms with Gasteiger partial charge in [-0.3, -0.25) is 14.4 Å².